The maximum atomic E-state index is 6.30. The molecule has 2 aromatic carbocycles. The SMILES string of the molecule is Clc1cc(CNC2CC2)ccc1OCc1ccccc1Br. The van der Waals surface area contributed by atoms with Gasteiger partial charge in [-0.05, 0) is 36.6 Å². The third kappa shape index (κ3) is 4.22. The molecule has 2 aromatic rings. The van der Waals surface area contributed by atoms with Crippen molar-refractivity contribution in [3.8, 4) is 5.75 Å². The fraction of sp³-hybridized carbons (Fsp3) is 0.294. The molecule has 1 aliphatic carbocycles. The van der Waals surface area contributed by atoms with Crippen LogP contribution in [0.5, 0.6) is 5.75 Å². The molecular formula is C17H17BrClNO. The first-order chi connectivity index (χ1) is 10.2. The van der Waals surface area contributed by atoms with Crippen LogP contribution in [0, 0.1) is 0 Å². The van der Waals surface area contributed by atoms with Gasteiger partial charge < -0.3 is 10.1 Å². The molecule has 1 saturated carbocycles. The summed E-state index contributed by atoms with van der Waals surface area (Å²) in [5.74, 6) is 0.725. The second-order valence-corrected chi connectivity index (χ2v) is 6.56. The lowest BCUT2D eigenvalue weighted by Gasteiger charge is -2.11. The molecule has 0 atom stereocenters. The molecule has 0 unspecified atom stereocenters. The van der Waals surface area contributed by atoms with Gasteiger partial charge in [0.15, 0.2) is 0 Å². The topological polar surface area (TPSA) is 21.3 Å². The molecule has 0 aromatic heterocycles. The van der Waals surface area contributed by atoms with E-state index in [9.17, 15) is 0 Å². The van der Waals surface area contributed by atoms with Crippen LogP contribution in [-0.2, 0) is 13.2 Å². The van der Waals surface area contributed by atoms with E-state index >= 15 is 0 Å². The van der Waals surface area contributed by atoms with Crippen LogP contribution in [0.25, 0.3) is 0 Å². The van der Waals surface area contributed by atoms with Crippen molar-refractivity contribution in [1.82, 2.24) is 5.32 Å². The molecule has 0 aliphatic heterocycles. The number of hydrogen-bond acceptors (Lipinski definition) is 2. The molecule has 0 radical (unpaired) electrons. The normalized spacial score (nSPS) is 14.2. The molecule has 1 fully saturated rings. The molecule has 0 amide bonds. The average molecular weight is 367 g/mol. The van der Waals surface area contributed by atoms with Gasteiger partial charge in [0, 0.05) is 22.6 Å². The van der Waals surface area contributed by atoms with Crippen LogP contribution in [0.4, 0.5) is 0 Å². The number of rotatable bonds is 6. The summed E-state index contributed by atoms with van der Waals surface area (Å²) in [6, 6.07) is 14.7. The van der Waals surface area contributed by atoms with Gasteiger partial charge in [-0.3, -0.25) is 0 Å². The highest BCUT2D eigenvalue weighted by atomic mass is 79.9. The summed E-state index contributed by atoms with van der Waals surface area (Å²) < 4.78 is 6.86. The first kappa shape index (κ1) is 14.9. The van der Waals surface area contributed by atoms with Gasteiger partial charge in [-0.25, -0.2) is 0 Å². The highest BCUT2D eigenvalue weighted by Gasteiger charge is 2.20. The van der Waals surface area contributed by atoms with Crippen LogP contribution in [0.2, 0.25) is 5.02 Å². The first-order valence-corrected chi connectivity index (χ1v) is 8.27. The zero-order chi connectivity index (χ0) is 14.7. The molecule has 1 N–H and O–H groups in total. The van der Waals surface area contributed by atoms with E-state index in [0.29, 0.717) is 17.7 Å². The van der Waals surface area contributed by atoms with Gasteiger partial charge in [0.05, 0.1) is 5.02 Å². The van der Waals surface area contributed by atoms with Crippen molar-refractivity contribution in [2.75, 3.05) is 0 Å². The predicted molar refractivity (Wildman–Crippen MR) is 89.8 cm³/mol. The summed E-state index contributed by atoms with van der Waals surface area (Å²) in [6.45, 7) is 1.37. The zero-order valence-corrected chi connectivity index (χ0v) is 14.0. The Morgan fingerprint density at radius 1 is 1.19 bits per heavy atom. The number of hydrogen-bond donors (Lipinski definition) is 1. The molecule has 0 saturated heterocycles. The van der Waals surface area contributed by atoms with E-state index in [1.165, 1.54) is 18.4 Å². The van der Waals surface area contributed by atoms with Gasteiger partial charge in [0.2, 0.25) is 0 Å². The molecule has 0 spiro atoms. The summed E-state index contributed by atoms with van der Waals surface area (Å²) in [4.78, 5) is 0. The van der Waals surface area contributed by atoms with E-state index in [0.717, 1.165) is 22.3 Å². The Kier molecular flexibility index (Phi) is 4.84. The van der Waals surface area contributed by atoms with Gasteiger partial charge in [0.1, 0.15) is 12.4 Å². The van der Waals surface area contributed by atoms with E-state index < -0.39 is 0 Å². The van der Waals surface area contributed by atoms with Gasteiger partial charge in [0.25, 0.3) is 0 Å². The smallest absolute Gasteiger partial charge is 0.138 e. The molecular weight excluding hydrogens is 350 g/mol. The van der Waals surface area contributed by atoms with E-state index in [1.54, 1.807) is 0 Å². The van der Waals surface area contributed by atoms with Crippen molar-refractivity contribution in [2.24, 2.45) is 0 Å². The third-order valence-corrected chi connectivity index (χ3v) is 4.58. The average Bonchev–Trinajstić information content (AvgIpc) is 3.30. The second-order valence-electron chi connectivity index (χ2n) is 5.30. The largest absolute Gasteiger partial charge is 0.487 e. The molecule has 110 valence electrons. The van der Waals surface area contributed by atoms with Crippen molar-refractivity contribution in [2.45, 2.75) is 32.0 Å². The summed E-state index contributed by atoms with van der Waals surface area (Å²) in [5, 5.41) is 4.14. The van der Waals surface area contributed by atoms with Crippen molar-refractivity contribution < 1.29 is 4.74 Å². The van der Waals surface area contributed by atoms with Crippen molar-refractivity contribution in [1.29, 1.82) is 0 Å². The molecule has 0 bridgehead atoms. The summed E-state index contributed by atoms with van der Waals surface area (Å²) in [6.07, 6.45) is 2.59. The lowest BCUT2D eigenvalue weighted by atomic mass is 10.2. The van der Waals surface area contributed by atoms with E-state index in [2.05, 4.69) is 27.3 Å². The van der Waals surface area contributed by atoms with Crippen LogP contribution >= 0.6 is 27.5 Å². The minimum Gasteiger partial charge on any atom is -0.487 e. The number of benzene rings is 2. The first-order valence-electron chi connectivity index (χ1n) is 7.10. The Labute approximate surface area is 138 Å². The molecule has 0 heterocycles. The van der Waals surface area contributed by atoms with Crippen molar-refractivity contribution in [3.63, 3.8) is 0 Å². The van der Waals surface area contributed by atoms with Crippen LogP contribution in [0.1, 0.15) is 24.0 Å². The van der Waals surface area contributed by atoms with Crippen LogP contribution in [0.15, 0.2) is 46.9 Å². The maximum absolute atomic E-state index is 6.30. The number of nitrogens with one attached hydrogen (secondary N) is 1. The third-order valence-electron chi connectivity index (χ3n) is 3.51. The fourth-order valence-electron chi connectivity index (χ4n) is 2.09. The van der Waals surface area contributed by atoms with Crippen molar-refractivity contribution >= 4 is 27.5 Å². The monoisotopic (exact) mass is 365 g/mol. The summed E-state index contributed by atoms with van der Waals surface area (Å²) in [5.41, 5.74) is 2.30. The lowest BCUT2D eigenvalue weighted by molar-refractivity contribution is 0.305. The molecule has 2 nitrogen and oxygen atoms in total. The quantitative estimate of drug-likeness (QED) is 0.782. The molecule has 3 rings (SSSR count). The van der Waals surface area contributed by atoms with Gasteiger partial charge in [-0.2, -0.15) is 0 Å². The van der Waals surface area contributed by atoms with Gasteiger partial charge in [-0.15, -0.1) is 0 Å². The van der Waals surface area contributed by atoms with Gasteiger partial charge in [-0.1, -0.05) is 51.8 Å². The van der Waals surface area contributed by atoms with E-state index in [1.807, 2.05) is 36.4 Å². The standard InChI is InChI=1S/C17H17BrClNO/c18-15-4-2-1-3-13(15)11-21-17-8-5-12(9-16(17)19)10-20-14-6-7-14/h1-5,8-9,14,20H,6-7,10-11H2. The van der Waals surface area contributed by atoms with Gasteiger partial charge >= 0.3 is 0 Å². The highest BCUT2D eigenvalue weighted by Crippen LogP contribution is 2.28. The minimum absolute atomic E-state index is 0.501. The minimum atomic E-state index is 0.501. The molecule has 21 heavy (non-hydrogen) atoms. The van der Waals surface area contributed by atoms with Crippen molar-refractivity contribution in [3.05, 3.63) is 63.1 Å². The Hall–Kier alpha value is -1.03. The summed E-state index contributed by atoms with van der Waals surface area (Å²) in [7, 11) is 0. The van der Waals surface area contributed by atoms with Crippen LogP contribution < -0.4 is 10.1 Å². The predicted octanol–water partition coefficient (Wildman–Crippen LogP) is 4.93. The number of ether oxygens (including phenoxy) is 1. The summed E-state index contributed by atoms with van der Waals surface area (Å²) >= 11 is 9.82. The number of halogens is 2. The second kappa shape index (κ2) is 6.82. The Morgan fingerprint density at radius 2 is 2.00 bits per heavy atom. The van der Waals surface area contributed by atoms with Crippen LogP contribution in [0.3, 0.4) is 0 Å². The molecule has 1 aliphatic rings. The fourth-order valence-corrected chi connectivity index (χ4v) is 2.75. The van der Waals surface area contributed by atoms with E-state index in [4.69, 9.17) is 16.3 Å². The highest BCUT2D eigenvalue weighted by molar-refractivity contribution is 9.10. The zero-order valence-electron chi connectivity index (χ0n) is 11.6. The molecule has 4 heteroatoms. The maximum Gasteiger partial charge on any atom is 0.138 e. The lowest BCUT2D eigenvalue weighted by Crippen LogP contribution is -2.15. The Bertz CT molecular complexity index is 628. The van der Waals surface area contributed by atoms with Crippen LogP contribution in [-0.4, -0.2) is 6.04 Å². The van der Waals surface area contributed by atoms with E-state index in [-0.39, 0.29) is 0 Å². The Morgan fingerprint density at radius 3 is 2.71 bits per heavy atom. The Balaban J connectivity index is 1.61.